The molecule has 8 heteroatoms. The molecule has 0 amide bonds. The lowest BCUT2D eigenvalue weighted by molar-refractivity contribution is -0.275. The first-order valence-electron chi connectivity index (χ1n) is 20.3. The fourth-order valence-corrected chi connectivity index (χ4v) is 7.74. The first-order chi connectivity index (χ1) is 27.6. The first-order valence-corrected chi connectivity index (χ1v) is 20.3. The van der Waals surface area contributed by atoms with Crippen molar-refractivity contribution in [3.63, 3.8) is 0 Å². The zero-order valence-electron chi connectivity index (χ0n) is 34.2. The molecule has 0 bridgehead atoms. The van der Waals surface area contributed by atoms with E-state index in [2.05, 4.69) is 108 Å². The number of benzene rings is 5. The topological polar surface area (TPSA) is 64.6 Å². The van der Waals surface area contributed by atoms with Crippen LogP contribution in [0.25, 0.3) is 0 Å². The Balaban J connectivity index is 1.24. The Bertz CT molecular complexity index is 1960. The van der Waals surface area contributed by atoms with Gasteiger partial charge in [-0.15, -0.1) is 0 Å². The maximum absolute atomic E-state index is 7.26. The van der Waals surface area contributed by atoms with Gasteiger partial charge in [0.15, 0.2) is 0 Å². The van der Waals surface area contributed by atoms with Gasteiger partial charge < -0.3 is 33.0 Å². The smallest absolute Gasteiger partial charge is 0.399 e. The highest BCUT2D eigenvalue weighted by molar-refractivity contribution is 6.62. The van der Waals surface area contributed by atoms with E-state index in [9.17, 15) is 0 Å². The minimum absolute atomic E-state index is 0.0901. The molecule has 2 aliphatic rings. The van der Waals surface area contributed by atoms with E-state index in [1.165, 1.54) is 0 Å². The van der Waals surface area contributed by atoms with Gasteiger partial charge in [0.05, 0.1) is 50.3 Å². The van der Waals surface area contributed by atoms with Crippen LogP contribution in [-0.4, -0.2) is 55.4 Å². The number of hydrogen-bond acceptors (Lipinski definition) is 7. The highest BCUT2D eigenvalue weighted by atomic mass is 16.7. The second kappa shape index (κ2) is 18.6. The maximum Gasteiger partial charge on any atom is 0.494 e. The summed E-state index contributed by atoms with van der Waals surface area (Å²) in [6.45, 7) is 14.6. The summed E-state index contributed by atoms with van der Waals surface area (Å²) in [6.07, 6.45) is -2.34. The Morgan fingerprint density at radius 3 is 1.47 bits per heavy atom. The van der Waals surface area contributed by atoms with Crippen molar-refractivity contribution >= 4 is 12.6 Å². The monoisotopic (exact) mass is 768 g/mol. The van der Waals surface area contributed by atoms with Crippen molar-refractivity contribution in [2.24, 2.45) is 0 Å². The predicted octanol–water partition coefficient (Wildman–Crippen LogP) is 9.14. The highest BCUT2D eigenvalue weighted by Crippen LogP contribution is 2.39. The molecule has 2 heterocycles. The van der Waals surface area contributed by atoms with E-state index in [1.54, 1.807) is 0 Å². The summed E-state index contributed by atoms with van der Waals surface area (Å²) in [6, 6.07) is 47.5. The van der Waals surface area contributed by atoms with Crippen molar-refractivity contribution in [2.45, 2.75) is 116 Å². The molecule has 298 valence electrons. The molecule has 0 aliphatic carbocycles. The second-order valence-corrected chi connectivity index (χ2v) is 16.4. The van der Waals surface area contributed by atoms with Gasteiger partial charge in [0, 0.05) is 5.92 Å². The molecular weight excluding hydrogens is 711 g/mol. The molecule has 0 saturated carbocycles. The molecule has 57 heavy (non-hydrogen) atoms. The van der Waals surface area contributed by atoms with Crippen LogP contribution in [0.5, 0.6) is 0 Å². The normalized spacial score (nSPS) is 23.3. The minimum atomic E-state index is -0.499. The summed E-state index contributed by atoms with van der Waals surface area (Å²) >= 11 is 0. The molecule has 5 aromatic carbocycles. The van der Waals surface area contributed by atoms with E-state index in [4.69, 9.17) is 33.0 Å². The van der Waals surface area contributed by atoms with Crippen LogP contribution in [0.3, 0.4) is 0 Å². The van der Waals surface area contributed by atoms with Crippen LogP contribution < -0.4 is 5.46 Å². The second-order valence-electron chi connectivity index (χ2n) is 16.4. The number of hydrogen-bond donors (Lipinski definition) is 0. The van der Waals surface area contributed by atoms with Crippen LogP contribution in [0, 0.1) is 6.92 Å². The van der Waals surface area contributed by atoms with Gasteiger partial charge in [-0.25, -0.2) is 0 Å². The van der Waals surface area contributed by atoms with Gasteiger partial charge in [-0.05, 0) is 73.5 Å². The van der Waals surface area contributed by atoms with Gasteiger partial charge >= 0.3 is 7.12 Å². The molecule has 0 N–H and O–H groups in total. The van der Waals surface area contributed by atoms with E-state index in [0.29, 0.717) is 33.0 Å². The van der Waals surface area contributed by atoms with E-state index < -0.39 is 48.8 Å². The third-order valence-corrected chi connectivity index (χ3v) is 11.7. The Kier molecular flexibility index (Phi) is 13.4. The fourth-order valence-electron chi connectivity index (χ4n) is 7.74. The van der Waals surface area contributed by atoms with E-state index >= 15 is 0 Å². The lowest BCUT2D eigenvalue weighted by atomic mass is 9.76. The summed E-state index contributed by atoms with van der Waals surface area (Å²) in [5.74, 6) is -0.0901. The van der Waals surface area contributed by atoms with Crippen LogP contribution in [0.15, 0.2) is 140 Å². The number of rotatable bonds is 16. The summed E-state index contributed by atoms with van der Waals surface area (Å²) < 4.78 is 47.5. The number of aryl methyl sites for hydroxylation is 1. The van der Waals surface area contributed by atoms with Crippen molar-refractivity contribution in [1.82, 2.24) is 0 Å². The lowest BCUT2D eigenvalue weighted by Gasteiger charge is -2.48. The highest BCUT2D eigenvalue weighted by Gasteiger charge is 2.53. The standard InChI is InChI=1S/C49H57BO7/c1-35-29-41(50-56-48(3,4)49(5,6)57-50)27-28-42(35)36(2)44-46(53-32-39-23-15-9-16-24-39)47(54-33-40-25-17-10-18-26-40)45(52-31-38-21-13-8-14-22-38)43(55-44)34-51-30-37-19-11-7-12-20-37/h7-29,36,43-47H,30-34H2,1-6H3/t36?,43-,44-,45-,46-,47+/m1/s1. The molecule has 7 rings (SSSR count). The van der Waals surface area contributed by atoms with Crippen molar-refractivity contribution in [2.75, 3.05) is 6.61 Å². The largest absolute Gasteiger partial charge is 0.494 e. The molecule has 2 saturated heterocycles. The van der Waals surface area contributed by atoms with Crippen LogP contribution in [0.4, 0.5) is 0 Å². The molecule has 0 spiro atoms. The molecule has 1 unspecified atom stereocenters. The quantitative estimate of drug-likeness (QED) is 0.0929. The fraction of sp³-hybridized carbons (Fsp3) is 0.388. The van der Waals surface area contributed by atoms with Crippen molar-refractivity contribution in [3.8, 4) is 0 Å². The molecule has 6 atom stereocenters. The van der Waals surface area contributed by atoms with Gasteiger partial charge in [-0.3, -0.25) is 0 Å². The van der Waals surface area contributed by atoms with Gasteiger partial charge in [0.2, 0.25) is 0 Å². The number of ether oxygens (including phenoxy) is 5. The Morgan fingerprint density at radius 2 is 1.00 bits per heavy atom. The van der Waals surface area contributed by atoms with Gasteiger partial charge in [-0.1, -0.05) is 146 Å². The SMILES string of the molecule is Cc1cc(B2OC(C)(C)C(C)(C)O2)ccc1C(C)[C@H]1O[C@H](COCc2ccccc2)[C@@H](OCc2ccccc2)[C@H](OCc2ccccc2)[C@@H]1OCc1ccccc1. The molecule has 0 radical (unpaired) electrons. The van der Waals surface area contributed by atoms with Crippen molar-refractivity contribution < 1.29 is 33.0 Å². The van der Waals surface area contributed by atoms with Crippen molar-refractivity contribution in [1.29, 1.82) is 0 Å². The van der Waals surface area contributed by atoms with Crippen molar-refractivity contribution in [3.05, 3.63) is 173 Å². The average molecular weight is 769 g/mol. The van der Waals surface area contributed by atoms with Crippen LogP contribution in [0.2, 0.25) is 0 Å². The van der Waals surface area contributed by atoms with E-state index in [0.717, 1.165) is 38.8 Å². The summed E-state index contributed by atoms with van der Waals surface area (Å²) in [4.78, 5) is 0. The molecular formula is C49H57BO7. The van der Waals surface area contributed by atoms with Gasteiger partial charge in [0.25, 0.3) is 0 Å². The first kappa shape index (κ1) is 41.1. The lowest BCUT2D eigenvalue weighted by Crippen LogP contribution is -2.62. The molecule has 7 nitrogen and oxygen atoms in total. The van der Waals surface area contributed by atoms with E-state index in [1.807, 2.05) is 72.8 Å². The third kappa shape index (κ3) is 10.1. The van der Waals surface area contributed by atoms with Gasteiger partial charge in [-0.2, -0.15) is 0 Å². The third-order valence-electron chi connectivity index (χ3n) is 11.7. The summed E-state index contributed by atoms with van der Waals surface area (Å²) in [5, 5.41) is 0. The minimum Gasteiger partial charge on any atom is -0.399 e. The molecule has 5 aromatic rings. The zero-order chi connectivity index (χ0) is 39.8. The van der Waals surface area contributed by atoms with Gasteiger partial charge in [0.1, 0.15) is 24.4 Å². The zero-order valence-corrected chi connectivity index (χ0v) is 34.2. The molecule has 0 aromatic heterocycles. The van der Waals surface area contributed by atoms with E-state index in [-0.39, 0.29) is 5.92 Å². The summed E-state index contributed by atoms with van der Waals surface area (Å²) in [5.41, 5.74) is 6.73. The van der Waals surface area contributed by atoms with Crippen LogP contribution >= 0.6 is 0 Å². The Morgan fingerprint density at radius 1 is 0.561 bits per heavy atom. The predicted molar refractivity (Wildman–Crippen MR) is 225 cm³/mol. The Labute approximate surface area is 339 Å². The summed E-state index contributed by atoms with van der Waals surface area (Å²) in [7, 11) is -0.449. The Hall–Kier alpha value is -4.12. The molecule has 2 aliphatic heterocycles. The maximum atomic E-state index is 7.26. The molecule has 2 fully saturated rings. The van der Waals surface area contributed by atoms with Crippen LogP contribution in [0.1, 0.15) is 73.9 Å². The van der Waals surface area contributed by atoms with Crippen LogP contribution in [-0.2, 0) is 59.4 Å². The average Bonchev–Trinajstić information content (AvgIpc) is 3.45.